The molecule has 120 valence electrons. The second-order valence-electron chi connectivity index (χ2n) is 7.14. The van der Waals surface area contributed by atoms with Crippen LogP contribution < -0.4 is 10.6 Å². The van der Waals surface area contributed by atoms with Crippen molar-refractivity contribution in [2.24, 2.45) is 0 Å². The Morgan fingerprint density at radius 2 is 1.70 bits per heavy atom. The molecule has 1 unspecified atom stereocenters. The predicted molar refractivity (Wildman–Crippen MR) is 93.0 cm³/mol. The van der Waals surface area contributed by atoms with Gasteiger partial charge in [-0.25, -0.2) is 0 Å². The number of benzene rings is 2. The summed E-state index contributed by atoms with van der Waals surface area (Å²) in [5.41, 5.74) is 2.59. The Kier molecular flexibility index (Phi) is 3.99. The van der Waals surface area contributed by atoms with Gasteiger partial charge in [-0.15, -0.1) is 0 Å². The molecule has 1 aliphatic heterocycles. The molecule has 2 aromatic rings. The number of carbonyl (C=O) groups is 1. The first-order chi connectivity index (χ1) is 10.9. The Balaban J connectivity index is 1.86. The van der Waals surface area contributed by atoms with Crippen LogP contribution in [0.3, 0.4) is 0 Å². The Morgan fingerprint density at radius 1 is 1.04 bits per heavy atom. The fraction of sp³-hybridized carbons (Fsp3) is 0.350. The molecule has 0 saturated heterocycles. The monoisotopic (exact) mass is 308 g/mol. The molecule has 0 aliphatic carbocycles. The molecule has 3 rings (SSSR count). The highest BCUT2D eigenvalue weighted by Gasteiger charge is 2.44. The van der Waals surface area contributed by atoms with Gasteiger partial charge >= 0.3 is 0 Å². The van der Waals surface area contributed by atoms with E-state index < -0.39 is 5.54 Å². The van der Waals surface area contributed by atoms with Crippen LogP contribution >= 0.6 is 0 Å². The fourth-order valence-electron chi connectivity index (χ4n) is 3.56. The lowest BCUT2D eigenvalue weighted by atomic mass is 9.76. The van der Waals surface area contributed by atoms with Gasteiger partial charge in [-0.2, -0.15) is 0 Å². The summed E-state index contributed by atoms with van der Waals surface area (Å²) in [5, 5.41) is 6.64. The molecule has 3 nitrogen and oxygen atoms in total. The molecule has 0 radical (unpaired) electrons. The third kappa shape index (κ3) is 3.15. The van der Waals surface area contributed by atoms with Gasteiger partial charge in [0, 0.05) is 12.1 Å². The lowest BCUT2D eigenvalue weighted by molar-refractivity contribution is -0.128. The molecule has 2 N–H and O–H groups in total. The number of carbonyl (C=O) groups excluding carboxylic acids is 1. The molecule has 3 heteroatoms. The summed E-state index contributed by atoms with van der Waals surface area (Å²) in [7, 11) is 0. The van der Waals surface area contributed by atoms with Gasteiger partial charge in [-0.1, -0.05) is 54.6 Å². The van der Waals surface area contributed by atoms with E-state index in [0.29, 0.717) is 6.54 Å². The van der Waals surface area contributed by atoms with E-state index in [0.717, 1.165) is 17.5 Å². The normalized spacial score (nSPS) is 22.2. The number of rotatable bonds is 3. The van der Waals surface area contributed by atoms with Crippen LogP contribution in [0.1, 0.15) is 37.5 Å². The van der Waals surface area contributed by atoms with Gasteiger partial charge in [0.15, 0.2) is 0 Å². The van der Waals surface area contributed by atoms with Crippen molar-refractivity contribution in [1.82, 2.24) is 10.6 Å². The molecule has 0 aromatic heterocycles. The van der Waals surface area contributed by atoms with E-state index in [1.54, 1.807) is 0 Å². The summed E-state index contributed by atoms with van der Waals surface area (Å²) in [6.45, 7) is 6.81. The molecule has 1 amide bonds. The second-order valence-corrected chi connectivity index (χ2v) is 7.14. The summed E-state index contributed by atoms with van der Waals surface area (Å²) in [5.74, 6) is 0.0154. The first-order valence-corrected chi connectivity index (χ1v) is 8.11. The van der Waals surface area contributed by atoms with Crippen LogP contribution in [0, 0.1) is 0 Å². The van der Waals surface area contributed by atoms with E-state index in [2.05, 4.69) is 36.6 Å². The zero-order valence-electron chi connectivity index (χ0n) is 14.0. The maximum absolute atomic E-state index is 13.0. The van der Waals surface area contributed by atoms with E-state index in [1.165, 1.54) is 5.56 Å². The molecular formula is C20H24N2O. The predicted octanol–water partition coefficient (Wildman–Crippen LogP) is 3.14. The Labute approximate surface area is 138 Å². The van der Waals surface area contributed by atoms with Crippen molar-refractivity contribution in [3.63, 3.8) is 0 Å². The first-order valence-electron chi connectivity index (χ1n) is 8.11. The summed E-state index contributed by atoms with van der Waals surface area (Å²) < 4.78 is 0. The number of fused-ring (bicyclic) bond motifs is 1. The number of amides is 1. The Bertz CT molecular complexity index is 709. The molecule has 0 spiro atoms. The third-order valence-electron chi connectivity index (χ3n) is 4.53. The fourth-order valence-corrected chi connectivity index (χ4v) is 3.56. The van der Waals surface area contributed by atoms with Gasteiger partial charge in [-0.3, -0.25) is 10.1 Å². The Hall–Kier alpha value is -2.13. The zero-order valence-corrected chi connectivity index (χ0v) is 14.0. The molecule has 1 heterocycles. The summed E-state index contributed by atoms with van der Waals surface area (Å²) in [4.78, 5) is 13.0. The summed E-state index contributed by atoms with van der Waals surface area (Å²) in [6, 6.07) is 18.2. The van der Waals surface area contributed by atoms with Gasteiger partial charge in [-0.05, 0) is 43.9 Å². The van der Waals surface area contributed by atoms with E-state index in [9.17, 15) is 4.79 Å². The van der Waals surface area contributed by atoms with Crippen LogP contribution in [-0.2, 0) is 23.3 Å². The lowest BCUT2D eigenvalue weighted by Gasteiger charge is -2.44. The van der Waals surface area contributed by atoms with Gasteiger partial charge in [0.25, 0.3) is 0 Å². The minimum Gasteiger partial charge on any atom is -0.350 e. The van der Waals surface area contributed by atoms with Crippen LogP contribution in [0.2, 0.25) is 0 Å². The van der Waals surface area contributed by atoms with Crippen LogP contribution in [0.25, 0.3) is 0 Å². The van der Waals surface area contributed by atoms with Crippen LogP contribution in [0.15, 0.2) is 54.6 Å². The topological polar surface area (TPSA) is 41.1 Å². The van der Waals surface area contributed by atoms with E-state index in [-0.39, 0.29) is 11.4 Å². The maximum Gasteiger partial charge on any atom is 0.244 e. The van der Waals surface area contributed by atoms with Crippen molar-refractivity contribution < 1.29 is 4.79 Å². The smallest absolute Gasteiger partial charge is 0.244 e. The number of hydrogen-bond donors (Lipinski definition) is 2. The lowest BCUT2D eigenvalue weighted by Crippen LogP contribution is -2.62. The van der Waals surface area contributed by atoms with Crippen LogP contribution in [0.5, 0.6) is 0 Å². The number of nitrogens with one attached hydrogen (secondary N) is 2. The average molecular weight is 308 g/mol. The van der Waals surface area contributed by atoms with Crippen molar-refractivity contribution in [1.29, 1.82) is 0 Å². The minimum absolute atomic E-state index is 0.0154. The molecule has 23 heavy (non-hydrogen) atoms. The molecule has 0 bridgehead atoms. The second kappa shape index (κ2) is 5.82. The molecule has 1 aliphatic rings. The minimum atomic E-state index is -0.715. The third-order valence-corrected chi connectivity index (χ3v) is 4.53. The highest BCUT2D eigenvalue weighted by molar-refractivity contribution is 5.88. The molecule has 0 fully saturated rings. The van der Waals surface area contributed by atoms with Gasteiger partial charge < -0.3 is 5.32 Å². The Morgan fingerprint density at radius 3 is 2.43 bits per heavy atom. The van der Waals surface area contributed by atoms with Crippen molar-refractivity contribution in [2.75, 3.05) is 0 Å². The van der Waals surface area contributed by atoms with Crippen LogP contribution in [0.4, 0.5) is 0 Å². The molecule has 2 aromatic carbocycles. The SMILES string of the molecule is CC1(C)Cc2ccccc2C(C)(C(=O)NCc2ccccc2)N1. The largest absolute Gasteiger partial charge is 0.350 e. The first kappa shape index (κ1) is 15.8. The highest BCUT2D eigenvalue weighted by atomic mass is 16.2. The van der Waals surface area contributed by atoms with Crippen molar-refractivity contribution >= 4 is 5.91 Å². The molecule has 1 atom stereocenters. The molecular weight excluding hydrogens is 284 g/mol. The maximum atomic E-state index is 13.0. The highest BCUT2D eigenvalue weighted by Crippen LogP contribution is 2.34. The summed E-state index contributed by atoms with van der Waals surface area (Å²) in [6.07, 6.45) is 0.921. The van der Waals surface area contributed by atoms with E-state index >= 15 is 0 Å². The molecule has 0 saturated carbocycles. The van der Waals surface area contributed by atoms with E-state index in [4.69, 9.17) is 0 Å². The van der Waals surface area contributed by atoms with Crippen molar-refractivity contribution in [2.45, 2.75) is 44.8 Å². The average Bonchev–Trinajstić information content (AvgIpc) is 2.52. The standard InChI is InChI=1S/C20H24N2O/c1-19(2)13-16-11-7-8-12-17(16)20(3,22-19)18(23)21-14-15-9-5-4-6-10-15/h4-12,22H,13-14H2,1-3H3,(H,21,23). The van der Waals surface area contributed by atoms with Gasteiger partial charge in [0.1, 0.15) is 5.54 Å². The summed E-state index contributed by atoms with van der Waals surface area (Å²) >= 11 is 0. The quantitative estimate of drug-likeness (QED) is 0.914. The zero-order chi connectivity index (χ0) is 16.5. The van der Waals surface area contributed by atoms with Crippen LogP contribution in [-0.4, -0.2) is 11.4 Å². The van der Waals surface area contributed by atoms with Gasteiger partial charge in [0.2, 0.25) is 5.91 Å². The van der Waals surface area contributed by atoms with Gasteiger partial charge in [0.05, 0.1) is 0 Å². The van der Waals surface area contributed by atoms with E-state index in [1.807, 2.05) is 49.4 Å². The van der Waals surface area contributed by atoms with Crippen molar-refractivity contribution in [3.8, 4) is 0 Å². The number of hydrogen-bond acceptors (Lipinski definition) is 2. The van der Waals surface area contributed by atoms with Crippen molar-refractivity contribution in [3.05, 3.63) is 71.3 Å².